The van der Waals surface area contributed by atoms with Crippen molar-refractivity contribution in [2.75, 3.05) is 11.1 Å². The van der Waals surface area contributed by atoms with Crippen LogP contribution in [-0.2, 0) is 10.0 Å². The Labute approximate surface area is 177 Å². The molecule has 2 aromatic heterocycles. The van der Waals surface area contributed by atoms with E-state index < -0.39 is 10.0 Å². The summed E-state index contributed by atoms with van der Waals surface area (Å²) in [6.45, 7) is 0. The molecule has 2 heterocycles. The minimum atomic E-state index is -3.80. The summed E-state index contributed by atoms with van der Waals surface area (Å²) in [5, 5.41) is 9.19. The van der Waals surface area contributed by atoms with Crippen LogP contribution in [0.1, 0.15) is 0 Å². The number of benzene rings is 2. The summed E-state index contributed by atoms with van der Waals surface area (Å²) in [6.07, 6.45) is 1.58. The van der Waals surface area contributed by atoms with E-state index >= 15 is 0 Å². The summed E-state index contributed by atoms with van der Waals surface area (Å²) < 4.78 is 29.1. The number of rotatable bonds is 6. The summed E-state index contributed by atoms with van der Waals surface area (Å²) >= 11 is 1.24. The van der Waals surface area contributed by atoms with Crippen LogP contribution in [-0.4, -0.2) is 18.4 Å². The smallest absolute Gasteiger partial charge is 0.238 e. The lowest BCUT2D eigenvalue weighted by Gasteiger charge is -2.09. The summed E-state index contributed by atoms with van der Waals surface area (Å²) in [5.74, 6) is 0.994. The number of nitrogens with zero attached hydrogens (tertiary/aromatic N) is 2. The fourth-order valence-corrected chi connectivity index (χ4v) is 4.00. The molecule has 0 amide bonds. The second kappa shape index (κ2) is 8.11. The van der Waals surface area contributed by atoms with Gasteiger partial charge in [0.25, 0.3) is 0 Å². The molecular formula is C20H17N5O3S2. The van der Waals surface area contributed by atoms with Crippen molar-refractivity contribution in [2.24, 2.45) is 5.14 Å². The zero-order valence-corrected chi connectivity index (χ0v) is 17.2. The van der Waals surface area contributed by atoms with Crippen molar-refractivity contribution in [2.45, 2.75) is 4.90 Å². The third-order valence-corrected chi connectivity index (χ3v) is 5.71. The van der Waals surface area contributed by atoms with Gasteiger partial charge < -0.3 is 15.8 Å². The van der Waals surface area contributed by atoms with E-state index in [0.29, 0.717) is 33.1 Å². The molecule has 152 valence electrons. The Kier molecular flexibility index (Phi) is 5.36. The number of nitrogen functional groups attached to an aromatic ring is 1. The molecule has 0 aliphatic heterocycles. The number of aromatic nitrogens is 2. The molecule has 8 nitrogen and oxygen atoms in total. The molecule has 2 aromatic carbocycles. The number of thiazole rings is 1. The lowest BCUT2D eigenvalue weighted by Crippen LogP contribution is -2.12. The van der Waals surface area contributed by atoms with Crippen molar-refractivity contribution >= 4 is 38.0 Å². The van der Waals surface area contributed by atoms with Crippen molar-refractivity contribution < 1.29 is 13.2 Å². The van der Waals surface area contributed by atoms with E-state index in [2.05, 4.69) is 15.3 Å². The molecule has 30 heavy (non-hydrogen) atoms. The lowest BCUT2D eigenvalue weighted by atomic mass is 10.2. The average molecular weight is 440 g/mol. The van der Waals surface area contributed by atoms with Gasteiger partial charge in [-0.3, -0.25) is 0 Å². The molecule has 10 heteroatoms. The summed E-state index contributed by atoms with van der Waals surface area (Å²) in [7, 11) is -3.80. The fraction of sp³-hybridized carbons (Fsp3) is 0. The van der Waals surface area contributed by atoms with Crippen LogP contribution in [0.4, 0.5) is 16.6 Å². The van der Waals surface area contributed by atoms with E-state index in [0.717, 1.165) is 5.56 Å². The molecule has 0 radical (unpaired) electrons. The zero-order valence-electron chi connectivity index (χ0n) is 15.5. The molecule has 0 saturated heterocycles. The maximum atomic E-state index is 11.5. The van der Waals surface area contributed by atoms with Gasteiger partial charge in [-0.05, 0) is 24.3 Å². The van der Waals surface area contributed by atoms with Crippen LogP contribution in [0.15, 0.2) is 77.8 Å². The number of hydrogen-bond acceptors (Lipinski definition) is 8. The van der Waals surface area contributed by atoms with Crippen molar-refractivity contribution in [3.05, 3.63) is 72.9 Å². The molecule has 0 spiro atoms. The van der Waals surface area contributed by atoms with E-state index in [9.17, 15) is 8.42 Å². The van der Waals surface area contributed by atoms with Gasteiger partial charge in [-0.15, -0.1) is 0 Å². The first-order chi connectivity index (χ1) is 14.4. The van der Waals surface area contributed by atoms with Crippen LogP contribution in [0.5, 0.6) is 10.8 Å². The van der Waals surface area contributed by atoms with Crippen molar-refractivity contribution in [3.8, 4) is 22.1 Å². The monoisotopic (exact) mass is 439 g/mol. The summed E-state index contributed by atoms with van der Waals surface area (Å²) in [5.41, 5.74) is 7.97. The Morgan fingerprint density at radius 1 is 1.00 bits per heavy atom. The van der Waals surface area contributed by atoms with E-state index in [1.807, 2.05) is 30.3 Å². The highest BCUT2D eigenvalue weighted by molar-refractivity contribution is 7.89. The van der Waals surface area contributed by atoms with E-state index in [-0.39, 0.29) is 4.90 Å². The molecule has 5 N–H and O–H groups in total. The molecule has 0 aliphatic rings. The number of anilines is 3. The van der Waals surface area contributed by atoms with Gasteiger partial charge in [0.15, 0.2) is 5.13 Å². The largest absolute Gasteiger partial charge is 0.444 e. The Bertz CT molecular complexity index is 1290. The third kappa shape index (κ3) is 4.57. The zero-order chi connectivity index (χ0) is 21.1. The van der Waals surface area contributed by atoms with Crippen molar-refractivity contribution in [1.82, 2.24) is 9.97 Å². The van der Waals surface area contributed by atoms with Gasteiger partial charge in [0.05, 0.1) is 4.90 Å². The van der Waals surface area contributed by atoms with Crippen LogP contribution >= 0.6 is 11.3 Å². The predicted octanol–water partition coefficient (Wildman–Crippen LogP) is 3.97. The number of pyridine rings is 1. The minimum Gasteiger partial charge on any atom is -0.444 e. The van der Waals surface area contributed by atoms with Gasteiger partial charge in [0.1, 0.15) is 17.3 Å². The number of hydrogen-bond donors (Lipinski definition) is 3. The van der Waals surface area contributed by atoms with Gasteiger partial charge in [0, 0.05) is 23.5 Å². The van der Waals surface area contributed by atoms with E-state index in [4.69, 9.17) is 15.6 Å². The number of ether oxygens (including phenoxy) is 1. The number of primary sulfonamides is 1. The molecule has 0 atom stereocenters. The standard InChI is InChI=1S/C20H17N5O3S2/c21-20-25-18(13-5-2-1-3-6-13)19(29-20)28-15-9-10-23-17(12-15)24-14-7-4-8-16(11-14)30(22,26)27/h1-12H,(H2,21,25)(H,23,24)(H2,22,26,27). The second-order valence-corrected chi connectivity index (χ2v) is 8.79. The fourth-order valence-electron chi connectivity index (χ4n) is 2.72. The van der Waals surface area contributed by atoms with Crippen molar-refractivity contribution in [1.29, 1.82) is 0 Å². The maximum Gasteiger partial charge on any atom is 0.238 e. The van der Waals surface area contributed by atoms with Crippen molar-refractivity contribution in [3.63, 3.8) is 0 Å². The molecule has 4 aromatic rings. The third-order valence-electron chi connectivity index (χ3n) is 4.04. The maximum absolute atomic E-state index is 11.5. The van der Waals surface area contributed by atoms with Gasteiger partial charge in [-0.2, -0.15) is 0 Å². The van der Waals surface area contributed by atoms with Crippen LogP contribution in [0.25, 0.3) is 11.3 Å². The highest BCUT2D eigenvalue weighted by atomic mass is 32.2. The number of nitrogens with two attached hydrogens (primary N) is 2. The molecule has 0 bridgehead atoms. The second-order valence-electron chi connectivity index (χ2n) is 6.23. The molecule has 0 unspecified atom stereocenters. The van der Waals surface area contributed by atoms with Gasteiger partial charge >= 0.3 is 0 Å². The van der Waals surface area contributed by atoms with Gasteiger partial charge in [-0.1, -0.05) is 47.7 Å². The first-order valence-electron chi connectivity index (χ1n) is 8.74. The quantitative estimate of drug-likeness (QED) is 0.414. The minimum absolute atomic E-state index is 0.00698. The summed E-state index contributed by atoms with van der Waals surface area (Å²) in [6, 6.07) is 19.2. The number of sulfonamides is 1. The number of nitrogens with one attached hydrogen (secondary N) is 1. The van der Waals surface area contributed by atoms with E-state index in [1.165, 1.54) is 23.5 Å². The topological polar surface area (TPSA) is 133 Å². The molecule has 0 saturated carbocycles. The molecule has 0 aliphatic carbocycles. The van der Waals surface area contributed by atoms with Crippen LogP contribution < -0.4 is 20.9 Å². The highest BCUT2D eigenvalue weighted by Gasteiger charge is 2.14. The van der Waals surface area contributed by atoms with Gasteiger partial charge in [0.2, 0.25) is 15.1 Å². The molecule has 4 rings (SSSR count). The van der Waals surface area contributed by atoms with Crippen LogP contribution in [0.3, 0.4) is 0 Å². The van der Waals surface area contributed by atoms with E-state index in [1.54, 1.807) is 30.5 Å². The SMILES string of the molecule is Nc1nc(-c2ccccc2)c(Oc2ccnc(Nc3cccc(S(N)(=O)=O)c3)c2)s1. The normalized spacial score (nSPS) is 11.2. The Morgan fingerprint density at radius 2 is 1.80 bits per heavy atom. The molecule has 0 fully saturated rings. The molecular weight excluding hydrogens is 422 g/mol. The first-order valence-corrected chi connectivity index (χ1v) is 11.1. The van der Waals surface area contributed by atoms with Gasteiger partial charge in [-0.25, -0.2) is 23.5 Å². The Hall–Kier alpha value is -3.47. The average Bonchev–Trinajstić information content (AvgIpc) is 3.08. The first kappa shape index (κ1) is 19.8. The Balaban J connectivity index is 1.59. The van der Waals surface area contributed by atoms with Crippen LogP contribution in [0, 0.1) is 0 Å². The predicted molar refractivity (Wildman–Crippen MR) is 117 cm³/mol. The lowest BCUT2D eigenvalue weighted by molar-refractivity contribution is 0.496. The highest BCUT2D eigenvalue weighted by Crippen LogP contribution is 2.39. The van der Waals surface area contributed by atoms with Crippen LogP contribution in [0.2, 0.25) is 0 Å². The summed E-state index contributed by atoms with van der Waals surface area (Å²) in [4.78, 5) is 8.62. The Morgan fingerprint density at radius 3 is 2.57 bits per heavy atom.